The Kier molecular flexibility index (Phi) is 4.35. The smallest absolute Gasteiger partial charge is 0.353 e. The van der Waals surface area contributed by atoms with Crippen LogP contribution in [0.2, 0.25) is 0 Å². The van der Waals surface area contributed by atoms with Gasteiger partial charge in [-0.25, -0.2) is 9.97 Å². The van der Waals surface area contributed by atoms with Crippen molar-refractivity contribution in [2.24, 2.45) is 5.73 Å². The number of rotatable bonds is 6. The summed E-state index contributed by atoms with van der Waals surface area (Å²) >= 11 is 0. The van der Waals surface area contributed by atoms with Crippen molar-refractivity contribution in [3.63, 3.8) is 0 Å². The van der Waals surface area contributed by atoms with Crippen LogP contribution in [0.1, 0.15) is 6.92 Å². The van der Waals surface area contributed by atoms with Crippen LogP contribution in [0.5, 0.6) is 0 Å². The van der Waals surface area contributed by atoms with E-state index in [9.17, 15) is 14.9 Å². The molecule has 0 spiro atoms. The van der Waals surface area contributed by atoms with E-state index in [1.807, 2.05) is 0 Å². The largest absolute Gasteiger partial charge is 0.368 e. The second-order valence-corrected chi connectivity index (χ2v) is 3.38. The van der Waals surface area contributed by atoms with E-state index in [1.165, 1.54) is 18.3 Å². The average molecular weight is 254 g/mol. The van der Waals surface area contributed by atoms with Gasteiger partial charge < -0.3 is 16.0 Å². The van der Waals surface area contributed by atoms with Gasteiger partial charge in [0.2, 0.25) is 17.5 Å². The summed E-state index contributed by atoms with van der Waals surface area (Å²) in [5.74, 6) is -0.427. The maximum Gasteiger partial charge on any atom is 0.353 e. The fourth-order valence-electron chi connectivity index (χ4n) is 1.48. The predicted octanol–water partition coefficient (Wildman–Crippen LogP) is -0.262. The third-order valence-corrected chi connectivity index (χ3v) is 2.25. The average Bonchev–Trinajstić information content (AvgIpc) is 2.34. The summed E-state index contributed by atoms with van der Waals surface area (Å²) in [4.78, 5) is 30.4. The van der Waals surface area contributed by atoms with E-state index >= 15 is 0 Å². The van der Waals surface area contributed by atoms with Crippen LogP contribution in [0, 0.1) is 10.1 Å². The summed E-state index contributed by atoms with van der Waals surface area (Å²) < 4.78 is 0. The molecule has 9 heteroatoms. The third kappa shape index (κ3) is 2.81. The molecule has 0 saturated heterocycles. The molecule has 0 radical (unpaired) electrons. The van der Waals surface area contributed by atoms with Crippen molar-refractivity contribution in [1.29, 1.82) is 0 Å². The second kappa shape index (κ2) is 5.75. The fraction of sp³-hybridized carbons (Fsp3) is 0.444. The highest BCUT2D eigenvalue weighted by atomic mass is 16.6. The summed E-state index contributed by atoms with van der Waals surface area (Å²) in [7, 11) is 1.52. The summed E-state index contributed by atoms with van der Waals surface area (Å²) in [6.45, 7) is 1.97. The predicted molar refractivity (Wildman–Crippen MR) is 65.3 cm³/mol. The van der Waals surface area contributed by atoms with Gasteiger partial charge in [0, 0.05) is 13.6 Å². The molecule has 1 heterocycles. The lowest BCUT2D eigenvalue weighted by Crippen LogP contribution is -2.34. The molecular weight excluding hydrogens is 240 g/mol. The Bertz CT molecular complexity index is 464. The van der Waals surface area contributed by atoms with Gasteiger partial charge in [0.15, 0.2) is 0 Å². The number of nitrogens with two attached hydrogens (primary N) is 1. The van der Waals surface area contributed by atoms with Gasteiger partial charge in [-0.15, -0.1) is 0 Å². The number of hydrogen-bond acceptors (Lipinski definition) is 7. The van der Waals surface area contributed by atoms with Crippen molar-refractivity contribution in [2.75, 3.05) is 30.4 Å². The summed E-state index contributed by atoms with van der Waals surface area (Å²) in [5.41, 5.74) is 4.82. The lowest BCUT2D eigenvalue weighted by Gasteiger charge is -2.19. The van der Waals surface area contributed by atoms with Crippen molar-refractivity contribution in [3.8, 4) is 0 Å². The van der Waals surface area contributed by atoms with Crippen LogP contribution < -0.4 is 16.0 Å². The first kappa shape index (κ1) is 13.6. The first-order valence-electron chi connectivity index (χ1n) is 5.21. The first-order chi connectivity index (χ1) is 8.51. The molecule has 1 amide bonds. The topological polar surface area (TPSA) is 127 Å². The molecule has 0 aliphatic heterocycles. The Morgan fingerprint density at radius 1 is 1.61 bits per heavy atom. The lowest BCUT2D eigenvalue weighted by molar-refractivity contribution is -0.383. The van der Waals surface area contributed by atoms with E-state index in [4.69, 9.17) is 5.73 Å². The van der Waals surface area contributed by atoms with Crippen LogP contribution in [0.15, 0.2) is 6.33 Å². The highest BCUT2D eigenvalue weighted by Crippen LogP contribution is 2.30. The van der Waals surface area contributed by atoms with Gasteiger partial charge in [0.1, 0.15) is 6.33 Å². The van der Waals surface area contributed by atoms with Crippen LogP contribution in [0.3, 0.4) is 0 Å². The number of hydrogen-bond donors (Lipinski definition) is 2. The van der Waals surface area contributed by atoms with Crippen molar-refractivity contribution in [2.45, 2.75) is 6.92 Å². The normalized spacial score (nSPS) is 9.89. The Labute approximate surface area is 103 Å². The summed E-state index contributed by atoms with van der Waals surface area (Å²) in [6, 6.07) is 0. The van der Waals surface area contributed by atoms with Crippen LogP contribution in [-0.2, 0) is 4.79 Å². The lowest BCUT2D eigenvalue weighted by atomic mass is 10.3. The van der Waals surface area contributed by atoms with Crippen molar-refractivity contribution < 1.29 is 9.72 Å². The number of carbonyl (C=O) groups is 1. The molecule has 0 fully saturated rings. The number of carbonyl (C=O) groups excluding carboxylic acids is 1. The quantitative estimate of drug-likeness (QED) is 0.528. The molecular formula is C9H14N6O3. The molecule has 0 unspecified atom stereocenters. The maximum atomic E-state index is 11.1. The standard InChI is InChI=1S/C9H14N6O3/c1-3-14(4-6(10)16)9-7(15(17)18)8(11-2)12-5-13-9/h5H,3-4H2,1-2H3,(H2,10,16)(H,11,12,13). The minimum atomic E-state index is -0.592. The zero-order valence-electron chi connectivity index (χ0n) is 10.1. The SMILES string of the molecule is CCN(CC(N)=O)c1ncnc(NC)c1[N+](=O)[O-]. The number of primary amides is 1. The van der Waals surface area contributed by atoms with Crippen LogP contribution >= 0.6 is 0 Å². The Morgan fingerprint density at radius 2 is 2.28 bits per heavy atom. The van der Waals surface area contributed by atoms with Gasteiger partial charge in [-0.05, 0) is 6.92 Å². The molecule has 98 valence electrons. The number of likely N-dealkylation sites (N-methyl/N-ethyl adjacent to an activating group) is 1. The maximum absolute atomic E-state index is 11.1. The van der Waals surface area contributed by atoms with Crippen molar-refractivity contribution >= 4 is 23.2 Å². The number of aromatic nitrogens is 2. The Morgan fingerprint density at radius 3 is 2.72 bits per heavy atom. The molecule has 0 saturated carbocycles. The van der Waals surface area contributed by atoms with Gasteiger partial charge in [-0.2, -0.15) is 0 Å². The van der Waals surface area contributed by atoms with Gasteiger partial charge in [0.05, 0.1) is 11.5 Å². The molecule has 1 aromatic rings. The number of nitrogens with zero attached hydrogens (tertiary/aromatic N) is 4. The Hall–Kier alpha value is -2.45. The number of nitrogens with one attached hydrogen (secondary N) is 1. The molecule has 0 aliphatic rings. The van der Waals surface area contributed by atoms with E-state index in [-0.39, 0.29) is 23.9 Å². The monoisotopic (exact) mass is 254 g/mol. The van der Waals surface area contributed by atoms with E-state index < -0.39 is 10.8 Å². The van der Waals surface area contributed by atoms with Crippen LogP contribution in [-0.4, -0.2) is 40.9 Å². The minimum Gasteiger partial charge on any atom is -0.368 e. The molecule has 0 bridgehead atoms. The zero-order chi connectivity index (χ0) is 13.7. The second-order valence-electron chi connectivity index (χ2n) is 3.38. The van der Waals surface area contributed by atoms with Gasteiger partial charge >= 0.3 is 5.69 Å². The van der Waals surface area contributed by atoms with Crippen LogP contribution in [0.4, 0.5) is 17.3 Å². The van der Waals surface area contributed by atoms with Crippen molar-refractivity contribution in [1.82, 2.24) is 9.97 Å². The highest BCUT2D eigenvalue weighted by molar-refractivity contribution is 5.81. The van der Waals surface area contributed by atoms with Gasteiger partial charge in [-0.1, -0.05) is 0 Å². The molecule has 1 rings (SSSR count). The molecule has 18 heavy (non-hydrogen) atoms. The molecule has 9 nitrogen and oxygen atoms in total. The van der Waals surface area contributed by atoms with Crippen LogP contribution in [0.25, 0.3) is 0 Å². The number of nitro groups is 1. The van der Waals surface area contributed by atoms with E-state index in [2.05, 4.69) is 15.3 Å². The molecule has 1 aromatic heterocycles. The van der Waals surface area contributed by atoms with Gasteiger partial charge in [0.25, 0.3) is 0 Å². The van der Waals surface area contributed by atoms with E-state index in [0.717, 1.165) is 0 Å². The zero-order valence-corrected chi connectivity index (χ0v) is 10.1. The van der Waals surface area contributed by atoms with Gasteiger partial charge in [-0.3, -0.25) is 14.9 Å². The van der Waals surface area contributed by atoms with E-state index in [0.29, 0.717) is 6.54 Å². The van der Waals surface area contributed by atoms with E-state index in [1.54, 1.807) is 6.92 Å². The number of anilines is 2. The molecule has 0 aliphatic carbocycles. The fourth-order valence-corrected chi connectivity index (χ4v) is 1.48. The first-order valence-corrected chi connectivity index (χ1v) is 5.21. The third-order valence-electron chi connectivity index (χ3n) is 2.25. The summed E-state index contributed by atoms with van der Waals surface area (Å²) in [6.07, 6.45) is 1.19. The molecule has 0 atom stereocenters. The summed E-state index contributed by atoms with van der Waals surface area (Å²) in [5, 5.41) is 13.7. The number of amides is 1. The Balaban J connectivity index is 3.28. The van der Waals surface area contributed by atoms with Crippen molar-refractivity contribution in [3.05, 3.63) is 16.4 Å². The minimum absolute atomic E-state index is 0.0700. The highest BCUT2D eigenvalue weighted by Gasteiger charge is 2.26. The molecule has 3 N–H and O–H groups in total. The molecule has 0 aromatic carbocycles.